The molecule has 0 radical (unpaired) electrons. The van der Waals surface area contributed by atoms with E-state index in [1.165, 1.54) is 11.6 Å². The van der Waals surface area contributed by atoms with Crippen molar-refractivity contribution in [3.63, 3.8) is 0 Å². The van der Waals surface area contributed by atoms with E-state index in [0.29, 0.717) is 12.5 Å². The zero-order valence-electron chi connectivity index (χ0n) is 13.5. The molecule has 0 bridgehead atoms. The molecule has 0 amide bonds. The van der Waals surface area contributed by atoms with Gasteiger partial charge in [0.1, 0.15) is 11.6 Å². The van der Waals surface area contributed by atoms with Gasteiger partial charge in [-0.05, 0) is 53.8 Å². The van der Waals surface area contributed by atoms with E-state index in [9.17, 15) is 4.39 Å². The third-order valence-corrected chi connectivity index (χ3v) is 4.04. The third kappa shape index (κ3) is 3.86. The second-order valence-corrected chi connectivity index (χ2v) is 5.92. The van der Waals surface area contributed by atoms with E-state index < -0.39 is 0 Å². The van der Waals surface area contributed by atoms with E-state index in [-0.39, 0.29) is 11.7 Å². The average Bonchev–Trinajstić information content (AvgIpc) is 2.52. The van der Waals surface area contributed by atoms with Gasteiger partial charge < -0.3 is 10.5 Å². The average molecular weight is 301 g/mol. The summed E-state index contributed by atoms with van der Waals surface area (Å²) in [4.78, 5) is 0. The SMILES string of the molecule is COc1ccc(C(C)C)cc1CC(CN)c1cccc(F)c1. The number of nitrogens with two attached hydrogens (primary N) is 1. The van der Waals surface area contributed by atoms with Gasteiger partial charge in [0.05, 0.1) is 7.11 Å². The molecule has 0 heterocycles. The van der Waals surface area contributed by atoms with Crippen molar-refractivity contribution in [2.45, 2.75) is 32.1 Å². The van der Waals surface area contributed by atoms with Crippen LogP contribution in [0.4, 0.5) is 4.39 Å². The van der Waals surface area contributed by atoms with Crippen LogP contribution in [0, 0.1) is 5.82 Å². The van der Waals surface area contributed by atoms with Crippen molar-refractivity contribution in [3.8, 4) is 5.75 Å². The third-order valence-electron chi connectivity index (χ3n) is 4.04. The summed E-state index contributed by atoms with van der Waals surface area (Å²) in [7, 11) is 1.67. The molecule has 0 spiro atoms. The number of hydrogen-bond donors (Lipinski definition) is 1. The molecule has 0 aromatic heterocycles. The lowest BCUT2D eigenvalue weighted by Gasteiger charge is -2.19. The standard InChI is InChI=1S/C19H24FNO/c1-13(2)14-7-8-19(22-3)16(9-14)10-17(12-21)15-5-4-6-18(20)11-15/h4-9,11,13,17H,10,12,21H2,1-3H3. The smallest absolute Gasteiger partial charge is 0.123 e. The molecule has 2 aromatic rings. The number of hydrogen-bond acceptors (Lipinski definition) is 2. The highest BCUT2D eigenvalue weighted by Crippen LogP contribution is 2.29. The Hall–Kier alpha value is -1.87. The summed E-state index contributed by atoms with van der Waals surface area (Å²) in [5.74, 6) is 1.17. The maximum absolute atomic E-state index is 13.5. The van der Waals surface area contributed by atoms with Gasteiger partial charge in [-0.25, -0.2) is 4.39 Å². The van der Waals surface area contributed by atoms with Crippen LogP contribution in [0.2, 0.25) is 0 Å². The zero-order valence-corrected chi connectivity index (χ0v) is 13.5. The lowest BCUT2D eigenvalue weighted by molar-refractivity contribution is 0.407. The number of rotatable bonds is 6. The molecule has 0 aliphatic carbocycles. The highest BCUT2D eigenvalue weighted by atomic mass is 19.1. The molecule has 118 valence electrons. The van der Waals surface area contributed by atoms with Crippen molar-refractivity contribution < 1.29 is 9.13 Å². The summed E-state index contributed by atoms with van der Waals surface area (Å²) in [5, 5.41) is 0. The molecular formula is C19H24FNO. The van der Waals surface area contributed by atoms with Gasteiger partial charge in [0.15, 0.2) is 0 Å². The Labute approximate surface area is 132 Å². The first-order chi connectivity index (χ1) is 10.5. The minimum Gasteiger partial charge on any atom is -0.496 e. The summed E-state index contributed by atoms with van der Waals surface area (Å²) in [6.07, 6.45) is 0.740. The van der Waals surface area contributed by atoms with Crippen LogP contribution in [-0.2, 0) is 6.42 Å². The van der Waals surface area contributed by atoms with Gasteiger partial charge in [-0.1, -0.05) is 38.1 Å². The summed E-state index contributed by atoms with van der Waals surface area (Å²) >= 11 is 0. The fourth-order valence-electron chi connectivity index (χ4n) is 2.68. The number of benzene rings is 2. The van der Waals surface area contributed by atoms with Crippen LogP contribution in [0.25, 0.3) is 0 Å². The molecule has 2 N–H and O–H groups in total. The molecule has 0 saturated heterocycles. The van der Waals surface area contributed by atoms with E-state index in [1.54, 1.807) is 19.2 Å². The molecule has 1 atom stereocenters. The van der Waals surface area contributed by atoms with Crippen LogP contribution in [0.3, 0.4) is 0 Å². The van der Waals surface area contributed by atoms with Crippen LogP contribution in [0.5, 0.6) is 5.75 Å². The second kappa shape index (κ2) is 7.41. The topological polar surface area (TPSA) is 35.2 Å². The van der Waals surface area contributed by atoms with Gasteiger partial charge in [-0.15, -0.1) is 0 Å². The van der Waals surface area contributed by atoms with Gasteiger partial charge in [-0.3, -0.25) is 0 Å². The molecule has 2 aromatic carbocycles. The zero-order chi connectivity index (χ0) is 16.1. The predicted molar refractivity (Wildman–Crippen MR) is 89.0 cm³/mol. The van der Waals surface area contributed by atoms with Crippen molar-refractivity contribution in [3.05, 3.63) is 65.0 Å². The second-order valence-electron chi connectivity index (χ2n) is 5.92. The van der Waals surface area contributed by atoms with E-state index in [2.05, 4.69) is 26.0 Å². The molecule has 2 nitrogen and oxygen atoms in total. The highest BCUT2D eigenvalue weighted by molar-refractivity contribution is 5.40. The molecule has 3 heteroatoms. The van der Waals surface area contributed by atoms with Crippen LogP contribution >= 0.6 is 0 Å². The molecule has 22 heavy (non-hydrogen) atoms. The minimum absolute atomic E-state index is 0.0759. The monoisotopic (exact) mass is 301 g/mol. The van der Waals surface area contributed by atoms with Gasteiger partial charge in [0.2, 0.25) is 0 Å². The van der Waals surface area contributed by atoms with E-state index in [4.69, 9.17) is 10.5 Å². The van der Waals surface area contributed by atoms with Crippen molar-refractivity contribution in [2.24, 2.45) is 5.73 Å². The highest BCUT2D eigenvalue weighted by Gasteiger charge is 2.15. The number of methoxy groups -OCH3 is 1. The van der Waals surface area contributed by atoms with Crippen LogP contribution in [0.1, 0.15) is 42.4 Å². The normalized spacial score (nSPS) is 12.5. The first kappa shape index (κ1) is 16.5. The molecule has 0 fully saturated rings. The van der Waals surface area contributed by atoms with Gasteiger partial charge in [0, 0.05) is 5.92 Å². The van der Waals surface area contributed by atoms with Crippen LogP contribution in [0.15, 0.2) is 42.5 Å². The number of halogens is 1. The Morgan fingerprint density at radius 3 is 2.45 bits per heavy atom. The molecule has 1 unspecified atom stereocenters. The maximum Gasteiger partial charge on any atom is 0.123 e. The fraction of sp³-hybridized carbons (Fsp3) is 0.368. The van der Waals surface area contributed by atoms with Gasteiger partial charge >= 0.3 is 0 Å². The summed E-state index contributed by atoms with van der Waals surface area (Å²) in [5.41, 5.74) is 9.25. The molecular weight excluding hydrogens is 277 g/mol. The predicted octanol–water partition coefficient (Wildman–Crippen LogP) is 4.24. The lowest BCUT2D eigenvalue weighted by atomic mass is 9.89. The first-order valence-corrected chi connectivity index (χ1v) is 7.67. The van der Waals surface area contributed by atoms with Crippen molar-refractivity contribution >= 4 is 0 Å². The Kier molecular flexibility index (Phi) is 5.56. The Morgan fingerprint density at radius 2 is 1.86 bits per heavy atom. The van der Waals surface area contributed by atoms with Crippen molar-refractivity contribution in [1.82, 2.24) is 0 Å². The molecule has 0 saturated carbocycles. The molecule has 0 aliphatic rings. The van der Waals surface area contributed by atoms with E-state index >= 15 is 0 Å². The summed E-state index contributed by atoms with van der Waals surface area (Å²) in [6, 6.07) is 12.9. The van der Waals surface area contributed by atoms with Crippen LogP contribution < -0.4 is 10.5 Å². The minimum atomic E-state index is -0.223. The van der Waals surface area contributed by atoms with Crippen LogP contribution in [-0.4, -0.2) is 13.7 Å². The molecule has 2 rings (SSSR count). The van der Waals surface area contributed by atoms with E-state index in [1.807, 2.05) is 12.1 Å². The number of ether oxygens (including phenoxy) is 1. The van der Waals surface area contributed by atoms with Gasteiger partial charge in [0.25, 0.3) is 0 Å². The summed E-state index contributed by atoms with van der Waals surface area (Å²) < 4.78 is 18.9. The van der Waals surface area contributed by atoms with Gasteiger partial charge in [-0.2, -0.15) is 0 Å². The maximum atomic E-state index is 13.5. The first-order valence-electron chi connectivity index (χ1n) is 7.67. The van der Waals surface area contributed by atoms with Crippen molar-refractivity contribution in [1.29, 1.82) is 0 Å². The Morgan fingerprint density at radius 1 is 1.09 bits per heavy atom. The Balaban J connectivity index is 2.32. The lowest BCUT2D eigenvalue weighted by Crippen LogP contribution is -2.16. The van der Waals surface area contributed by atoms with Crippen molar-refractivity contribution in [2.75, 3.05) is 13.7 Å². The summed E-state index contributed by atoms with van der Waals surface area (Å²) in [6.45, 7) is 4.80. The molecule has 0 aliphatic heterocycles. The fourth-order valence-corrected chi connectivity index (χ4v) is 2.68. The largest absolute Gasteiger partial charge is 0.496 e. The van der Waals surface area contributed by atoms with E-state index in [0.717, 1.165) is 23.3 Å². The quantitative estimate of drug-likeness (QED) is 0.866. The Bertz CT molecular complexity index is 625.